The number of thiazole rings is 1. The number of ether oxygens (including phenoxy) is 1. The second-order valence-corrected chi connectivity index (χ2v) is 3.72. The second-order valence-electron chi connectivity index (χ2n) is 2.28. The summed E-state index contributed by atoms with van der Waals surface area (Å²) < 4.78 is 30.5. The van der Waals surface area contributed by atoms with E-state index in [2.05, 4.69) is 9.72 Å². The molecule has 1 aromatic heterocycles. The van der Waals surface area contributed by atoms with E-state index in [1.807, 2.05) is 0 Å². The van der Waals surface area contributed by atoms with Crippen molar-refractivity contribution in [2.75, 3.05) is 6.61 Å². The first-order chi connectivity index (χ1) is 6.48. The Bertz CT molecular complexity index is 342. The molecule has 0 bridgehead atoms. The summed E-state index contributed by atoms with van der Waals surface area (Å²) >= 11 is 6.20. The fourth-order valence-corrected chi connectivity index (χ4v) is 1.51. The molecule has 0 aliphatic rings. The largest absolute Gasteiger partial charge is 0.461 e. The molecular weight excluding hydrogens is 236 g/mol. The Labute approximate surface area is 87.7 Å². The molecule has 78 valence electrons. The minimum Gasteiger partial charge on any atom is -0.461 e. The van der Waals surface area contributed by atoms with Crippen LogP contribution in [0.5, 0.6) is 0 Å². The third-order valence-corrected chi connectivity index (χ3v) is 2.31. The van der Waals surface area contributed by atoms with Crippen LogP contribution in [0.4, 0.5) is 8.78 Å². The molecule has 0 aliphatic carbocycles. The summed E-state index contributed by atoms with van der Waals surface area (Å²) in [6, 6.07) is 0. The van der Waals surface area contributed by atoms with E-state index < -0.39 is 17.6 Å². The number of aromatic nitrogens is 1. The lowest BCUT2D eigenvalue weighted by atomic mass is 10.3. The first kappa shape index (κ1) is 11.3. The van der Waals surface area contributed by atoms with Crippen LogP contribution in [0.2, 0.25) is 4.47 Å². The molecule has 1 heterocycles. The summed E-state index contributed by atoms with van der Waals surface area (Å²) in [7, 11) is 0. The number of alkyl halides is 2. The van der Waals surface area contributed by atoms with Crippen LogP contribution in [-0.4, -0.2) is 17.6 Å². The summed E-state index contributed by atoms with van der Waals surface area (Å²) in [6.07, 6.45) is 0. The SMILES string of the molecule is CCOC(=O)C(F)(F)c1csc(Cl)n1. The maximum Gasteiger partial charge on any atom is 0.385 e. The van der Waals surface area contributed by atoms with Crippen LogP contribution in [-0.2, 0) is 15.5 Å². The monoisotopic (exact) mass is 241 g/mol. The first-order valence-corrected chi connectivity index (χ1v) is 4.90. The number of hydrogen-bond donors (Lipinski definition) is 0. The van der Waals surface area contributed by atoms with Crippen molar-refractivity contribution in [1.82, 2.24) is 4.98 Å². The minimum absolute atomic E-state index is 0.0380. The van der Waals surface area contributed by atoms with E-state index in [1.54, 1.807) is 0 Å². The summed E-state index contributed by atoms with van der Waals surface area (Å²) in [4.78, 5) is 14.1. The van der Waals surface area contributed by atoms with Gasteiger partial charge < -0.3 is 4.74 Å². The van der Waals surface area contributed by atoms with Gasteiger partial charge in [-0.15, -0.1) is 11.3 Å². The number of carbonyl (C=O) groups is 1. The predicted molar refractivity (Wildman–Crippen MR) is 47.7 cm³/mol. The molecule has 0 radical (unpaired) electrons. The van der Waals surface area contributed by atoms with Crippen LogP contribution in [0.1, 0.15) is 12.6 Å². The smallest absolute Gasteiger partial charge is 0.385 e. The van der Waals surface area contributed by atoms with Crippen LogP contribution >= 0.6 is 22.9 Å². The fraction of sp³-hybridized carbons (Fsp3) is 0.429. The van der Waals surface area contributed by atoms with Gasteiger partial charge >= 0.3 is 11.9 Å². The number of rotatable bonds is 3. The van der Waals surface area contributed by atoms with Crippen molar-refractivity contribution < 1.29 is 18.3 Å². The number of nitrogens with zero attached hydrogens (tertiary/aromatic N) is 1. The van der Waals surface area contributed by atoms with Crippen LogP contribution in [0.15, 0.2) is 5.38 Å². The molecule has 0 aromatic carbocycles. The van der Waals surface area contributed by atoms with E-state index in [4.69, 9.17) is 11.6 Å². The lowest BCUT2D eigenvalue weighted by molar-refractivity contribution is -0.173. The average Bonchev–Trinajstić information content (AvgIpc) is 2.52. The molecule has 0 aliphatic heterocycles. The quantitative estimate of drug-likeness (QED) is 0.763. The highest BCUT2D eigenvalue weighted by Gasteiger charge is 2.45. The zero-order valence-electron chi connectivity index (χ0n) is 7.09. The summed E-state index contributed by atoms with van der Waals surface area (Å²) in [5.41, 5.74) is -0.675. The van der Waals surface area contributed by atoms with Gasteiger partial charge in [0, 0.05) is 5.38 Å². The van der Waals surface area contributed by atoms with Gasteiger partial charge in [-0.25, -0.2) is 9.78 Å². The first-order valence-electron chi connectivity index (χ1n) is 3.65. The molecule has 3 nitrogen and oxygen atoms in total. The van der Waals surface area contributed by atoms with Crippen molar-refractivity contribution >= 4 is 28.9 Å². The third kappa shape index (κ3) is 2.19. The van der Waals surface area contributed by atoms with Crippen LogP contribution in [0.3, 0.4) is 0 Å². The Morgan fingerprint density at radius 3 is 2.86 bits per heavy atom. The maximum absolute atomic E-state index is 13.2. The van der Waals surface area contributed by atoms with E-state index in [1.165, 1.54) is 6.92 Å². The fourth-order valence-electron chi connectivity index (χ4n) is 0.722. The Morgan fingerprint density at radius 1 is 1.79 bits per heavy atom. The number of esters is 1. The summed E-state index contributed by atoms with van der Waals surface area (Å²) in [6.45, 7) is 1.34. The summed E-state index contributed by atoms with van der Waals surface area (Å²) in [5.74, 6) is -5.33. The summed E-state index contributed by atoms with van der Waals surface area (Å²) in [5, 5.41) is 1.03. The Balaban J connectivity index is 2.89. The van der Waals surface area contributed by atoms with Gasteiger partial charge in [0.25, 0.3) is 0 Å². The van der Waals surface area contributed by atoms with E-state index in [0.717, 1.165) is 16.7 Å². The van der Waals surface area contributed by atoms with Crippen LogP contribution < -0.4 is 0 Å². The normalized spacial score (nSPS) is 11.4. The van der Waals surface area contributed by atoms with E-state index in [-0.39, 0.29) is 11.1 Å². The van der Waals surface area contributed by atoms with E-state index in [9.17, 15) is 13.6 Å². The van der Waals surface area contributed by atoms with Gasteiger partial charge in [0.05, 0.1) is 6.61 Å². The van der Waals surface area contributed by atoms with Gasteiger partial charge in [-0.05, 0) is 6.92 Å². The van der Waals surface area contributed by atoms with Crippen molar-refractivity contribution in [3.05, 3.63) is 15.5 Å². The highest BCUT2D eigenvalue weighted by atomic mass is 35.5. The zero-order chi connectivity index (χ0) is 10.8. The lowest BCUT2D eigenvalue weighted by Crippen LogP contribution is -2.28. The van der Waals surface area contributed by atoms with Gasteiger partial charge in [-0.1, -0.05) is 11.6 Å². The van der Waals surface area contributed by atoms with Crippen molar-refractivity contribution in [1.29, 1.82) is 0 Å². The molecule has 0 saturated heterocycles. The number of halogens is 3. The molecule has 0 fully saturated rings. The van der Waals surface area contributed by atoms with Crippen LogP contribution in [0.25, 0.3) is 0 Å². The topological polar surface area (TPSA) is 39.2 Å². The van der Waals surface area contributed by atoms with Gasteiger partial charge in [0.2, 0.25) is 0 Å². The molecular formula is C7H6ClF2NO2S. The molecule has 1 rings (SSSR count). The highest BCUT2D eigenvalue weighted by molar-refractivity contribution is 7.14. The molecule has 7 heteroatoms. The zero-order valence-corrected chi connectivity index (χ0v) is 8.66. The lowest BCUT2D eigenvalue weighted by Gasteiger charge is -2.11. The van der Waals surface area contributed by atoms with Crippen molar-refractivity contribution in [2.45, 2.75) is 12.8 Å². The molecule has 0 saturated carbocycles. The molecule has 0 N–H and O–H groups in total. The molecule has 1 aromatic rings. The molecule has 14 heavy (non-hydrogen) atoms. The van der Waals surface area contributed by atoms with Crippen molar-refractivity contribution in [3.8, 4) is 0 Å². The average molecular weight is 242 g/mol. The molecule has 0 spiro atoms. The molecule has 0 amide bonds. The van der Waals surface area contributed by atoms with Crippen molar-refractivity contribution in [3.63, 3.8) is 0 Å². The molecule has 0 atom stereocenters. The highest BCUT2D eigenvalue weighted by Crippen LogP contribution is 2.31. The number of hydrogen-bond acceptors (Lipinski definition) is 4. The molecule has 0 unspecified atom stereocenters. The standard InChI is InChI=1S/C7H6ClF2NO2S/c1-2-13-5(12)7(9,10)4-3-14-6(8)11-4/h3H,2H2,1H3. The Morgan fingerprint density at radius 2 is 2.43 bits per heavy atom. The second kappa shape index (κ2) is 4.18. The van der Waals surface area contributed by atoms with Gasteiger partial charge in [-0.3, -0.25) is 0 Å². The van der Waals surface area contributed by atoms with E-state index in [0.29, 0.717) is 0 Å². The Hall–Kier alpha value is -0.750. The number of carbonyl (C=O) groups excluding carboxylic acids is 1. The third-order valence-electron chi connectivity index (χ3n) is 1.33. The van der Waals surface area contributed by atoms with Crippen molar-refractivity contribution in [2.24, 2.45) is 0 Å². The maximum atomic E-state index is 13.2. The van der Waals surface area contributed by atoms with Crippen LogP contribution in [0, 0.1) is 0 Å². The van der Waals surface area contributed by atoms with Gasteiger partial charge in [0.15, 0.2) is 4.47 Å². The van der Waals surface area contributed by atoms with E-state index >= 15 is 0 Å². The minimum atomic E-state index is -3.72. The predicted octanol–water partition coefficient (Wildman–Crippen LogP) is 2.45. The Kier molecular flexibility index (Phi) is 3.38. The van der Waals surface area contributed by atoms with Gasteiger partial charge in [0.1, 0.15) is 5.69 Å². The van der Waals surface area contributed by atoms with Gasteiger partial charge in [-0.2, -0.15) is 8.78 Å².